The van der Waals surface area contributed by atoms with Crippen LogP contribution in [0.15, 0.2) is 65.1 Å². The number of nitrogens with zero attached hydrogens (tertiary/aromatic N) is 4. The molecule has 2 aliphatic heterocycles. The Kier molecular flexibility index (Phi) is 8.89. The van der Waals surface area contributed by atoms with Crippen molar-refractivity contribution in [1.29, 1.82) is 0 Å². The van der Waals surface area contributed by atoms with Gasteiger partial charge in [-0.15, -0.1) is 11.3 Å². The number of ether oxygens (including phenoxy) is 5. The van der Waals surface area contributed by atoms with E-state index in [0.29, 0.717) is 74.7 Å². The quantitative estimate of drug-likeness (QED) is 0.134. The van der Waals surface area contributed by atoms with Crippen LogP contribution >= 0.6 is 11.3 Å². The number of rotatable bonds is 11. The number of benzene rings is 2. The number of pyridine rings is 1. The smallest absolute Gasteiger partial charge is 0.283 e. The van der Waals surface area contributed by atoms with Crippen molar-refractivity contribution in [3.8, 4) is 28.7 Å². The monoisotopic (exact) mass is 685 g/mol. The highest BCUT2D eigenvalue weighted by Gasteiger charge is 2.34. The minimum Gasteiger partial charge on any atom is -0.492 e. The molecule has 0 spiro atoms. The molecule has 0 saturated heterocycles. The van der Waals surface area contributed by atoms with E-state index in [9.17, 15) is 9.18 Å². The number of nitrogens with one attached hydrogen (secondary N) is 1. The van der Waals surface area contributed by atoms with Gasteiger partial charge >= 0.3 is 0 Å². The summed E-state index contributed by atoms with van der Waals surface area (Å²) < 4.78 is 44.1. The van der Waals surface area contributed by atoms with E-state index >= 15 is 0 Å². The first-order valence-electron chi connectivity index (χ1n) is 15.3. The van der Waals surface area contributed by atoms with Gasteiger partial charge in [0.15, 0.2) is 11.5 Å². The van der Waals surface area contributed by atoms with Crippen molar-refractivity contribution >= 4 is 39.4 Å². The Labute approximate surface area is 284 Å². The van der Waals surface area contributed by atoms with E-state index in [2.05, 4.69) is 15.7 Å². The predicted octanol–water partition coefficient (Wildman–Crippen LogP) is 5.93. The predicted molar refractivity (Wildman–Crippen MR) is 181 cm³/mol. The first-order valence-corrected chi connectivity index (χ1v) is 16.2. The van der Waals surface area contributed by atoms with Crippen LogP contribution in [0.4, 0.5) is 4.39 Å². The number of methoxy groups -OCH3 is 3. The molecule has 7 rings (SSSR count). The highest BCUT2D eigenvalue weighted by Crippen LogP contribution is 2.52. The van der Waals surface area contributed by atoms with Crippen LogP contribution in [-0.2, 0) is 22.6 Å². The highest BCUT2D eigenvalue weighted by molar-refractivity contribution is 7.21. The van der Waals surface area contributed by atoms with Crippen LogP contribution in [0, 0.1) is 12.7 Å². The van der Waals surface area contributed by atoms with Crippen LogP contribution in [0.2, 0.25) is 0 Å². The summed E-state index contributed by atoms with van der Waals surface area (Å²) in [6, 6.07) is 11.9. The van der Waals surface area contributed by atoms with Gasteiger partial charge in [-0.2, -0.15) is 5.10 Å². The van der Waals surface area contributed by atoms with Crippen LogP contribution in [-0.4, -0.2) is 61.6 Å². The van der Waals surface area contributed by atoms with Crippen molar-refractivity contribution in [2.24, 2.45) is 10.3 Å². The van der Waals surface area contributed by atoms with E-state index in [1.54, 1.807) is 19.2 Å². The van der Waals surface area contributed by atoms with Crippen molar-refractivity contribution in [3.05, 3.63) is 93.5 Å². The van der Waals surface area contributed by atoms with Gasteiger partial charge in [-0.05, 0) is 48.4 Å². The van der Waals surface area contributed by atoms with Crippen molar-refractivity contribution in [3.63, 3.8) is 0 Å². The molecule has 0 bridgehead atoms. The minimum absolute atomic E-state index is 0.0245. The molecule has 0 radical (unpaired) electrons. The van der Waals surface area contributed by atoms with Gasteiger partial charge in [0.1, 0.15) is 21.6 Å². The lowest BCUT2D eigenvalue weighted by molar-refractivity contribution is 0.0853. The Morgan fingerprint density at radius 2 is 1.86 bits per heavy atom. The van der Waals surface area contributed by atoms with Gasteiger partial charge in [-0.1, -0.05) is 17.3 Å². The number of aromatic nitrogens is 2. The lowest BCUT2D eigenvalue weighted by Crippen LogP contribution is -2.19. The Morgan fingerprint density at radius 1 is 1.12 bits per heavy atom. The average molecular weight is 686 g/mol. The number of halogens is 1. The second kappa shape index (κ2) is 13.6. The molecule has 5 aromatic rings. The van der Waals surface area contributed by atoms with Crippen molar-refractivity contribution < 1.29 is 37.7 Å². The summed E-state index contributed by atoms with van der Waals surface area (Å²) in [4.78, 5) is 25.5. The van der Waals surface area contributed by atoms with Gasteiger partial charge in [0.05, 0.1) is 38.4 Å². The normalized spacial score (nSPS) is 15.1. The first kappa shape index (κ1) is 32.1. The molecule has 2 aliphatic rings. The van der Waals surface area contributed by atoms with Crippen LogP contribution in [0.1, 0.15) is 44.0 Å². The number of oxime groups is 1. The third kappa shape index (κ3) is 6.04. The number of hydrogen-bond acceptors (Lipinski definition) is 11. The number of thiophene rings is 1. The van der Waals surface area contributed by atoms with Gasteiger partial charge in [-0.3, -0.25) is 4.79 Å². The van der Waals surface area contributed by atoms with Crippen LogP contribution in [0.25, 0.3) is 15.9 Å². The standard InChI is InChI=1S/C35H32FN5O7S/c1-19-13-21(17-43-2)27-28(41-11-5-6-12-41)33(49-35(27)38-19)34(42)39-37-16-25-24(29(44-3)31-32(30(25)45-4)47-18-46-31)14-23-15-26(40-48-23)20-7-9-22(36)10-8-20/h5-13,16,23H,14-15,17-18H2,1-4H3,(H,39,42)/b37-16+. The minimum atomic E-state index is -0.423. The number of hydrogen-bond donors (Lipinski definition) is 1. The molecule has 2 aromatic carbocycles. The fourth-order valence-electron chi connectivity index (χ4n) is 6.13. The molecule has 14 heteroatoms. The molecule has 1 unspecified atom stereocenters. The second-order valence-electron chi connectivity index (χ2n) is 11.3. The number of fused-ring (bicyclic) bond motifs is 2. The molecule has 0 saturated carbocycles. The Bertz CT molecular complexity index is 2090. The fourth-order valence-corrected chi connectivity index (χ4v) is 7.28. The SMILES string of the molecule is COCc1cc(C)nc2sc(C(=O)N/N=C/c3c(CC4CC(c5ccc(F)cc5)=NO4)c(OC)c4c(c3OC)OCO4)c(-n3cccc3)c12. The van der Waals surface area contributed by atoms with Crippen molar-refractivity contribution in [2.75, 3.05) is 28.1 Å². The zero-order chi connectivity index (χ0) is 34.1. The second-order valence-corrected chi connectivity index (χ2v) is 12.3. The zero-order valence-corrected chi connectivity index (χ0v) is 27.9. The fraction of sp³-hybridized carbons (Fsp3) is 0.257. The molecule has 5 heterocycles. The summed E-state index contributed by atoms with van der Waals surface area (Å²) in [5.41, 5.74) is 7.76. The lowest BCUT2D eigenvalue weighted by atomic mass is 9.95. The molecular formula is C35H32FN5O7S. The van der Waals surface area contributed by atoms with Gasteiger partial charge in [0.25, 0.3) is 5.91 Å². The van der Waals surface area contributed by atoms with E-state index in [4.69, 9.17) is 33.5 Å². The third-order valence-corrected chi connectivity index (χ3v) is 9.27. The van der Waals surface area contributed by atoms with Crippen molar-refractivity contribution in [1.82, 2.24) is 15.0 Å². The first-order chi connectivity index (χ1) is 23.9. The average Bonchev–Trinajstić information content (AvgIpc) is 3.92. The Morgan fingerprint density at radius 3 is 2.57 bits per heavy atom. The number of amides is 1. The molecule has 1 amide bonds. The number of carbonyl (C=O) groups is 1. The molecule has 49 heavy (non-hydrogen) atoms. The van der Waals surface area contributed by atoms with Gasteiger partial charge in [0, 0.05) is 54.6 Å². The molecule has 1 N–H and O–H groups in total. The van der Waals surface area contributed by atoms with E-state index in [0.717, 1.165) is 22.2 Å². The largest absolute Gasteiger partial charge is 0.492 e. The number of hydrazone groups is 1. The maximum atomic E-state index is 13.8. The number of aryl methyl sites for hydroxylation is 1. The molecule has 0 fully saturated rings. The molecule has 0 aliphatic carbocycles. The van der Waals surface area contributed by atoms with E-state index in [-0.39, 0.29) is 18.7 Å². The summed E-state index contributed by atoms with van der Waals surface area (Å²) in [5.74, 6) is 0.782. The van der Waals surface area contributed by atoms with E-state index in [1.165, 1.54) is 43.9 Å². The molecule has 1 atom stereocenters. The molecule has 12 nitrogen and oxygen atoms in total. The summed E-state index contributed by atoms with van der Waals surface area (Å²) in [6.07, 6.45) is 5.65. The zero-order valence-electron chi connectivity index (χ0n) is 27.1. The Hall–Kier alpha value is -5.47. The van der Waals surface area contributed by atoms with Gasteiger partial charge < -0.3 is 33.1 Å². The summed E-state index contributed by atoms with van der Waals surface area (Å²) in [6.45, 7) is 2.25. The van der Waals surface area contributed by atoms with E-state index < -0.39 is 5.91 Å². The lowest BCUT2D eigenvalue weighted by Gasteiger charge is -2.19. The molecule has 3 aromatic heterocycles. The van der Waals surface area contributed by atoms with Crippen LogP contribution in [0.3, 0.4) is 0 Å². The van der Waals surface area contributed by atoms with Crippen LogP contribution < -0.4 is 24.4 Å². The molecular weight excluding hydrogens is 653 g/mol. The Balaban J connectivity index is 1.22. The highest BCUT2D eigenvalue weighted by atomic mass is 32.1. The topological polar surface area (TPSA) is 127 Å². The molecule has 252 valence electrons. The van der Waals surface area contributed by atoms with E-state index in [1.807, 2.05) is 42.1 Å². The van der Waals surface area contributed by atoms with Gasteiger partial charge in [-0.25, -0.2) is 14.8 Å². The van der Waals surface area contributed by atoms with Gasteiger partial charge in [0.2, 0.25) is 18.3 Å². The van der Waals surface area contributed by atoms with Crippen molar-refractivity contribution in [2.45, 2.75) is 32.5 Å². The number of carbonyl (C=O) groups excluding carboxylic acids is 1. The summed E-state index contributed by atoms with van der Waals surface area (Å²) in [5, 5.41) is 9.50. The maximum absolute atomic E-state index is 13.8. The summed E-state index contributed by atoms with van der Waals surface area (Å²) in [7, 11) is 4.68. The summed E-state index contributed by atoms with van der Waals surface area (Å²) >= 11 is 1.28. The third-order valence-electron chi connectivity index (χ3n) is 8.19. The maximum Gasteiger partial charge on any atom is 0.283 e. The van der Waals surface area contributed by atoms with Crippen LogP contribution in [0.5, 0.6) is 23.0 Å².